The number of hydrogen-bond acceptors (Lipinski definition) is 4. The van der Waals surface area contributed by atoms with Crippen molar-refractivity contribution < 1.29 is 18.7 Å². The molecule has 3 aromatic carbocycles. The number of benzene rings is 3. The minimum atomic E-state index is -3.27. The van der Waals surface area contributed by atoms with Gasteiger partial charge in [0.25, 0.3) is 0 Å². The number of hydrogen-bond donors (Lipinski definition) is 0. The number of rotatable bonds is 6. The summed E-state index contributed by atoms with van der Waals surface area (Å²) < 4.78 is 25.1. The SMILES string of the molecule is Cc1ccc(-c2ccccc2C(=O)[PH](=O)[PH](=O)C(=O)c2ccccc2)cc1. The zero-order valence-corrected chi connectivity index (χ0v) is 16.6. The summed E-state index contributed by atoms with van der Waals surface area (Å²) in [5.41, 5.74) is 1.49. The van der Waals surface area contributed by atoms with Gasteiger partial charge in [-0.15, -0.1) is 0 Å². The lowest BCUT2D eigenvalue weighted by Gasteiger charge is -2.09. The van der Waals surface area contributed by atoms with Gasteiger partial charge in [0.15, 0.2) is 0 Å². The highest BCUT2D eigenvalue weighted by Gasteiger charge is 2.28. The van der Waals surface area contributed by atoms with Crippen molar-refractivity contribution in [1.29, 1.82) is 0 Å². The summed E-state index contributed by atoms with van der Waals surface area (Å²) in [5, 5.41) is 0. The molecule has 0 aliphatic heterocycles. The van der Waals surface area contributed by atoms with Crippen molar-refractivity contribution in [1.82, 2.24) is 0 Å². The van der Waals surface area contributed by atoms with E-state index >= 15 is 0 Å². The van der Waals surface area contributed by atoms with E-state index in [0.29, 0.717) is 5.56 Å². The summed E-state index contributed by atoms with van der Waals surface area (Å²) in [6.45, 7) is 1.96. The lowest BCUT2D eigenvalue weighted by Crippen LogP contribution is -1.98. The maximum atomic E-state index is 12.8. The van der Waals surface area contributed by atoms with Gasteiger partial charge < -0.3 is 9.13 Å². The van der Waals surface area contributed by atoms with E-state index in [1.807, 2.05) is 31.2 Å². The first-order chi connectivity index (χ1) is 13.0. The molecule has 0 saturated carbocycles. The van der Waals surface area contributed by atoms with E-state index in [9.17, 15) is 18.7 Å². The summed E-state index contributed by atoms with van der Waals surface area (Å²) in [7, 11) is -6.51. The van der Waals surface area contributed by atoms with Gasteiger partial charge in [0, 0.05) is 11.1 Å². The molecule has 0 aliphatic carbocycles. The van der Waals surface area contributed by atoms with Gasteiger partial charge in [0.1, 0.15) is 0 Å². The predicted molar refractivity (Wildman–Crippen MR) is 110 cm³/mol. The molecule has 0 fully saturated rings. The van der Waals surface area contributed by atoms with Crippen LogP contribution in [0, 0.1) is 6.92 Å². The molecule has 2 atom stereocenters. The Balaban J connectivity index is 1.92. The second kappa shape index (κ2) is 8.43. The van der Waals surface area contributed by atoms with E-state index in [2.05, 4.69) is 0 Å². The fraction of sp³-hybridized carbons (Fsp3) is 0.0476. The first-order valence-electron chi connectivity index (χ1n) is 8.38. The minimum Gasteiger partial charge on any atom is -0.310 e. The molecule has 0 aromatic heterocycles. The Labute approximate surface area is 158 Å². The lowest BCUT2D eigenvalue weighted by atomic mass is 9.99. The second-order valence-corrected chi connectivity index (χ2v) is 11.0. The van der Waals surface area contributed by atoms with E-state index in [1.54, 1.807) is 42.5 Å². The molecule has 4 nitrogen and oxygen atoms in total. The van der Waals surface area contributed by atoms with Crippen LogP contribution in [-0.2, 0) is 9.13 Å². The molecular weight excluding hydrogens is 378 g/mol. The normalized spacial score (nSPS) is 12.9. The van der Waals surface area contributed by atoms with Crippen LogP contribution in [0.2, 0.25) is 0 Å². The van der Waals surface area contributed by atoms with Crippen molar-refractivity contribution in [3.63, 3.8) is 0 Å². The van der Waals surface area contributed by atoms with E-state index in [4.69, 9.17) is 0 Å². The molecule has 3 rings (SSSR count). The first-order valence-corrected chi connectivity index (χ1v) is 12.2. The van der Waals surface area contributed by atoms with Crippen molar-refractivity contribution in [2.45, 2.75) is 6.92 Å². The molecule has 27 heavy (non-hydrogen) atoms. The maximum absolute atomic E-state index is 12.8. The summed E-state index contributed by atoms with van der Waals surface area (Å²) >= 11 is 0. The van der Waals surface area contributed by atoms with Crippen molar-refractivity contribution in [2.75, 3.05) is 0 Å². The monoisotopic (exact) mass is 396 g/mol. The van der Waals surface area contributed by atoms with Gasteiger partial charge in [-0.1, -0.05) is 84.4 Å². The van der Waals surface area contributed by atoms with Gasteiger partial charge in [-0.3, -0.25) is 9.59 Å². The predicted octanol–water partition coefficient (Wildman–Crippen LogP) is 5.68. The molecule has 0 amide bonds. The van der Waals surface area contributed by atoms with Gasteiger partial charge in [0.05, 0.1) is 0 Å². The van der Waals surface area contributed by atoms with Crippen LogP contribution in [0.5, 0.6) is 0 Å². The standard InChI is InChI=1S/C21H18O4P2/c1-15-11-13-16(14-12-15)18-9-5-6-10-19(18)21(23)27(25)26(24)20(22)17-7-3-2-4-8-17/h2-14,26-27H,1H3. The number of carbonyl (C=O) groups excluding carboxylic acids is 2. The molecule has 6 heteroatoms. The average molecular weight is 396 g/mol. The summed E-state index contributed by atoms with van der Waals surface area (Å²) in [5.74, 6) is 0. The first kappa shape index (κ1) is 19.2. The Morgan fingerprint density at radius 3 is 1.89 bits per heavy atom. The molecule has 2 unspecified atom stereocenters. The third-order valence-corrected chi connectivity index (χ3v) is 8.58. The van der Waals surface area contributed by atoms with Crippen LogP contribution in [0.1, 0.15) is 26.3 Å². The Morgan fingerprint density at radius 1 is 0.667 bits per heavy atom. The minimum absolute atomic E-state index is 0.208. The Bertz CT molecular complexity index is 1040. The molecule has 0 spiro atoms. The largest absolute Gasteiger partial charge is 0.310 e. The third kappa shape index (κ3) is 4.24. The molecule has 0 aliphatic rings. The van der Waals surface area contributed by atoms with Gasteiger partial charge in [0.2, 0.25) is 26.0 Å². The van der Waals surface area contributed by atoms with Crippen molar-refractivity contribution in [3.8, 4) is 11.1 Å². The van der Waals surface area contributed by atoms with Crippen molar-refractivity contribution in [3.05, 3.63) is 95.6 Å². The Hall–Kier alpha value is -2.54. The average Bonchev–Trinajstić information content (AvgIpc) is 2.73. The zero-order valence-electron chi connectivity index (χ0n) is 14.6. The van der Waals surface area contributed by atoms with Crippen molar-refractivity contribution >= 4 is 26.0 Å². The van der Waals surface area contributed by atoms with Crippen LogP contribution < -0.4 is 0 Å². The van der Waals surface area contributed by atoms with E-state index in [1.165, 1.54) is 12.1 Å². The summed E-state index contributed by atoms with van der Waals surface area (Å²) in [4.78, 5) is 25.1. The molecule has 0 N–H and O–H groups in total. The molecular formula is C21H18O4P2. The Kier molecular flexibility index (Phi) is 6.01. The zero-order chi connectivity index (χ0) is 19.4. The highest BCUT2D eigenvalue weighted by atomic mass is 32.1. The molecule has 3 aromatic rings. The van der Waals surface area contributed by atoms with Gasteiger partial charge >= 0.3 is 0 Å². The molecule has 136 valence electrons. The molecule has 0 bridgehead atoms. The van der Waals surface area contributed by atoms with Crippen molar-refractivity contribution in [2.24, 2.45) is 0 Å². The van der Waals surface area contributed by atoms with Crippen LogP contribution in [-0.4, -0.2) is 11.0 Å². The van der Waals surface area contributed by atoms with Gasteiger partial charge in [-0.05, 0) is 18.1 Å². The van der Waals surface area contributed by atoms with E-state index in [0.717, 1.165) is 11.1 Å². The highest BCUT2D eigenvalue weighted by Crippen LogP contribution is 2.55. The van der Waals surface area contributed by atoms with Crippen LogP contribution in [0.25, 0.3) is 11.1 Å². The molecule has 0 saturated heterocycles. The van der Waals surface area contributed by atoms with Crippen LogP contribution >= 0.6 is 15.0 Å². The summed E-state index contributed by atoms with van der Waals surface area (Å²) in [6, 6.07) is 22.3. The van der Waals surface area contributed by atoms with E-state index in [-0.39, 0.29) is 11.1 Å². The third-order valence-electron chi connectivity index (χ3n) is 4.19. The van der Waals surface area contributed by atoms with Gasteiger partial charge in [-0.2, -0.15) is 0 Å². The topological polar surface area (TPSA) is 68.3 Å². The fourth-order valence-electron chi connectivity index (χ4n) is 2.72. The number of carbonyl (C=O) groups is 2. The fourth-order valence-corrected chi connectivity index (χ4v) is 6.09. The molecule has 0 heterocycles. The van der Waals surface area contributed by atoms with Crippen LogP contribution in [0.3, 0.4) is 0 Å². The van der Waals surface area contributed by atoms with E-state index < -0.39 is 26.0 Å². The highest BCUT2D eigenvalue weighted by molar-refractivity contribution is 8.32. The quantitative estimate of drug-likeness (QED) is 0.503. The van der Waals surface area contributed by atoms with Crippen LogP contribution in [0.4, 0.5) is 0 Å². The summed E-state index contributed by atoms with van der Waals surface area (Å²) in [6.07, 6.45) is 0. The molecule has 0 radical (unpaired) electrons. The van der Waals surface area contributed by atoms with Gasteiger partial charge in [-0.25, -0.2) is 0 Å². The lowest BCUT2D eigenvalue weighted by molar-refractivity contribution is 0.106. The second-order valence-electron chi connectivity index (χ2n) is 6.09. The smallest absolute Gasteiger partial charge is 0.226 e. The number of aryl methyl sites for hydroxylation is 1. The van der Waals surface area contributed by atoms with Crippen LogP contribution in [0.15, 0.2) is 78.9 Å². The maximum Gasteiger partial charge on any atom is 0.226 e. The Morgan fingerprint density at radius 2 is 1.22 bits per heavy atom.